The first-order valence-electron chi connectivity index (χ1n) is 23.3. The average molecular weight is 883 g/mol. The monoisotopic (exact) mass is 882 g/mol. The van der Waals surface area contributed by atoms with Crippen LogP contribution < -0.4 is 10.6 Å². The fraction of sp³-hybridized carbons (Fsp3) is 0.490. The Morgan fingerprint density at radius 1 is 0.662 bits per heavy atom. The van der Waals surface area contributed by atoms with E-state index in [9.17, 15) is 19.2 Å². The van der Waals surface area contributed by atoms with E-state index >= 15 is 0 Å². The van der Waals surface area contributed by atoms with E-state index in [1.54, 1.807) is 0 Å². The molecule has 1 saturated carbocycles. The standard InChI is InChI=1S/C51H62N8O6/c1-26(2)44(56-50(62)64-7)48(60)58-24-28(5)19-40(58)46-52-23-39(55-46)31-11-9-30(10-12-31)35-16-17-36(43-34-14-13-33(21-34)42(35)43)32-15-18-37-38(22-32)54-47(53-37)41-20-29(6)25-59(41)49(61)45(27(3)4)57-51(63)65-8/h9-12,15-18,22-23,26-29,33-34,40-41,44-45H,13-14,19-21,24-25H2,1-8H3,(H,52,55)(H,53,54)(H,56,62)(H,57,63)/t28-,29-,33?,34?,40-,41-,44-,45-/m0/s1. The van der Waals surface area contributed by atoms with Crippen molar-refractivity contribution in [1.29, 1.82) is 0 Å². The normalized spacial score (nSPS) is 23.3. The highest BCUT2D eigenvalue weighted by Crippen LogP contribution is 2.58. The summed E-state index contributed by atoms with van der Waals surface area (Å²) in [5.41, 5.74) is 11.5. The van der Waals surface area contributed by atoms with Gasteiger partial charge in [-0.3, -0.25) is 9.59 Å². The number of ether oxygens (including phenoxy) is 2. The molecule has 14 nitrogen and oxygen atoms in total. The second-order valence-corrected chi connectivity index (χ2v) is 19.7. The first-order valence-corrected chi connectivity index (χ1v) is 23.3. The Kier molecular flexibility index (Phi) is 12.0. The number of nitrogens with zero attached hydrogens (tertiary/aromatic N) is 4. The maximum Gasteiger partial charge on any atom is 0.407 e. The van der Waals surface area contributed by atoms with Crippen molar-refractivity contribution in [1.82, 2.24) is 40.4 Å². The van der Waals surface area contributed by atoms with Crippen LogP contribution in [0.1, 0.15) is 120 Å². The van der Waals surface area contributed by atoms with E-state index < -0.39 is 24.3 Å². The zero-order valence-electron chi connectivity index (χ0n) is 38.7. The molecule has 2 unspecified atom stereocenters. The second kappa shape index (κ2) is 17.7. The van der Waals surface area contributed by atoms with Crippen molar-refractivity contribution in [2.24, 2.45) is 23.7 Å². The number of aromatic amines is 2. The first-order chi connectivity index (χ1) is 31.2. The number of carbonyl (C=O) groups excluding carboxylic acids is 4. The Balaban J connectivity index is 0.959. The smallest absolute Gasteiger partial charge is 0.407 e. The van der Waals surface area contributed by atoms with Crippen LogP contribution in [-0.2, 0) is 19.1 Å². The van der Waals surface area contributed by atoms with Gasteiger partial charge in [0.2, 0.25) is 11.8 Å². The van der Waals surface area contributed by atoms with Crippen LogP contribution in [0, 0.1) is 23.7 Å². The van der Waals surface area contributed by atoms with E-state index in [-0.39, 0.29) is 47.6 Å². The molecular formula is C51H62N8O6. The van der Waals surface area contributed by atoms with E-state index in [0.717, 1.165) is 52.3 Å². The van der Waals surface area contributed by atoms with Crippen molar-refractivity contribution in [3.63, 3.8) is 0 Å². The number of fused-ring (bicyclic) bond motifs is 6. The fourth-order valence-corrected chi connectivity index (χ4v) is 11.2. The fourth-order valence-electron chi connectivity index (χ4n) is 11.2. The van der Waals surface area contributed by atoms with Gasteiger partial charge < -0.3 is 39.9 Å². The van der Waals surface area contributed by atoms with Crippen molar-refractivity contribution >= 4 is 35.0 Å². The Morgan fingerprint density at radius 3 is 1.71 bits per heavy atom. The maximum atomic E-state index is 13.9. The highest BCUT2D eigenvalue weighted by Gasteiger charge is 2.43. The molecule has 2 aliphatic carbocycles. The van der Waals surface area contributed by atoms with Gasteiger partial charge in [0.15, 0.2) is 0 Å². The van der Waals surface area contributed by atoms with E-state index in [1.807, 2.05) is 43.7 Å². The van der Waals surface area contributed by atoms with Crippen molar-refractivity contribution in [3.05, 3.63) is 83.6 Å². The summed E-state index contributed by atoms with van der Waals surface area (Å²) >= 11 is 0. The molecule has 2 aliphatic heterocycles. The zero-order valence-corrected chi connectivity index (χ0v) is 38.7. The van der Waals surface area contributed by atoms with Crippen molar-refractivity contribution in [3.8, 4) is 33.5 Å². The molecule has 342 valence electrons. The lowest BCUT2D eigenvalue weighted by Crippen LogP contribution is -2.51. The number of imidazole rings is 2. The van der Waals surface area contributed by atoms with E-state index in [1.165, 1.54) is 61.3 Å². The number of rotatable bonds is 11. The molecule has 4 aliphatic rings. The van der Waals surface area contributed by atoms with Crippen molar-refractivity contribution < 1.29 is 28.7 Å². The Hall–Kier alpha value is -6.18. The van der Waals surface area contributed by atoms with Crippen LogP contribution in [0.2, 0.25) is 0 Å². The number of hydrogen-bond acceptors (Lipinski definition) is 8. The molecule has 14 heteroatoms. The number of aromatic nitrogens is 4. The maximum absolute atomic E-state index is 13.9. The minimum atomic E-state index is -0.699. The number of amides is 4. The zero-order chi connectivity index (χ0) is 45.8. The van der Waals surface area contributed by atoms with Gasteiger partial charge in [0, 0.05) is 13.1 Å². The third-order valence-corrected chi connectivity index (χ3v) is 14.5. The van der Waals surface area contributed by atoms with Crippen LogP contribution in [-0.4, -0.2) is 93.1 Å². The molecule has 2 saturated heterocycles. The summed E-state index contributed by atoms with van der Waals surface area (Å²) in [4.78, 5) is 72.7. The molecule has 4 heterocycles. The predicted molar refractivity (Wildman–Crippen MR) is 249 cm³/mol. The number of carbonyl (C=O) groups is 4. The lowest BCUT2D eigenvalue weighted by molar-refractivity contribution is -0.136. The Morgan fingerprint density at radius 2 is 1.17 bits per heavy atom. The number of benzene rings is 3. The summed E-state index contributed by atoms with van der Waals surface area (Å²) in [6.45, 7) is 13.2. The largest absolute Gasteiger partial charge is 0.453 e. The second-order valence-electron chi connectivity index (χ2n) is 19.7. The van der Waals surface area contributed by atoms with Gasteiger partial charge in [0.05, 0.1) is 49.2 Å². The molecule has 5 aromatic rings. The van der Waals surface area contributed by atoms with Crippen LogP contribution in [0.25, 0.3) is 44.5 Å². The summed E-state index contributed by atoms with van der Waals surface area (Å²) in [6.07, 6.45) is 5.74. The lowest BCUT2D eigenvalue weighted by Gasteiger charge is -2.30. The summed E-state index contributed by atoms with van der Waals surface area (Å²) in [5.74, 6) is 2.63. The third kappa shape index (κ3) is 8.25. The molecule has 2 aromatic heterocycles. The third-order valence-electron chi connectivity index (χ3n) is 14.5. The van der Waals surface area contributed by atoms with Crippen LogP contribution in [0.15, 0.2) is 60.8 Å². The minimum Gasteiger partial charge on any atom is -0.453 e. The van der Waals surface area contributed by atoms with Crippen molar-refractivity contribution in [2.75, 3.05) is 27.3 Å². The van der Waals surface area contributed by atoms with Gasteiger partial charge in [-0.05, 0) is 119 Å². The minimum absolute atomic E-state index is 0.112. The Labute approximate surface area is 380 Å². The molecule has 8 atom stereocenters. The van der Waals surface area contributed by atoms with Crippen LogP contribution in [0.4, 0.5) is 9.59 Å². The van der Waals surface area contributed by atoms with Gasteiger partial charge in [0.1, 0.15) is 23.7 Å². The molecule has 2 bridgehead atoms. The van der Waals surface area contributed by atoms with Crippen LogP contribution in [0.3, 0.4) is 0 Å². The molecular weight excluding hydrogens is 821 g/mol. The van der Waals surface area contributed by atoms with E-state index in [0.29, 0.717) is 24.9 Å². The summed E-state index contributed by atoms with van der Waals surface area (Å²) in [7, 11) is 2.61. The van der Waals surface area contributed by atoms with Crippen LogP contribution >= 0.6 is 0 Å². The highest BCUT2D eigenvalue weighted by atomic mass is 16.5. The molecule has 0 spiro atoms. The van der Waals surface area contributed by atoms with Crippen molar-refractivity contribution in [2.45, 2.75) is 110 Å². The molecule has 9 rings (SSSR count). The molecule has 3 fully saturated rings. The molecule has 4 N–H and O–H groups in total. The summed E-state index contributed by atoms with van der Waals surface area (Å²) in [5, 5.41) is 5.49. The average Bonchev–Trinajstić information content (AvgIpc) is 4.17. The van der Waals surface area contributed by atoms with Gasteiger partial charge in [-0.25, -0.2) is 19.6 Å². The van der Waals surface area contributed by atoms with Gasteiger partial charge in [-0.15, -0.1) is 0 Å². The quantitative estimate of drug-likeness (QED) is 0.102. The van der Waals surface area contributed by atoms with E-state index in [4.69, 9.17) is 19.4 Å². The molecule has 0 radical (unpaired) electrons. The predicted octanol–water partition coefficient (Wildman–Crippen LogP) is 9.23. The lowest BCUT2D eigenvalue weighted by atomic mass is 9.81. The topological polar surface area (TPSA) is 175 Å². The molecule has 65 heavy (non-hydrogen) atoms. The highest BCUT2D eigenvalue weighted by molar-refractivity contribution is 5.89. The Bertz CT molecular complexity index is 2620. The first kappa shape index (κ1) is 44.0. The number of hydrogen-bond donors (Lipinski definition) is 4. The molecule has 3 aromatic carbocycles. The van der Waals surface area contributed by atoms with Gasteiger partial charge >= 0.3 is 12.2 Å². The van der Waals surface area contributed by atoms with Gasteiger partial charge in [-0.2, -0.15) is 0 Å². The number of methoxy groups -OCH3 is 2. The summed E-state index contributed by atoms with van der Waals surface area (Å²) < 4.78 is 9.66. The van der Waals surface area contributed by atoms with Gasteiger partial charge in [-0.1, -0.05) is 84.0 Å². The number of alkyl carbamates (subject to hydrolysis) is 2. The number of nitrogens with one attached hydrogen (secondary N) is 4. The summed E-state index contributed by atoms with van der Waals surface area (Å²) in [6, 6.07) is 17.9. The SMILES string of the molecule is COC(=O)N[C@H](C(=O)N1C[C@@H](C)C[C@H]1c1ncc(-c2ccc(-c3ccc(-c4ccc5nc([C@@H]6C[C@H](C)CN6C(=O)[C@@H](NC(=O)OC)C(C)C)[nH]c5c4)c4c3C3CCC4C3)cc2)[nH]1)C(C)C. The van der Waals surface area contributed by atoms with Gasteiger partial charge in [0.25, 0.3) is 0 Å². The van der Waals surface area contributed by atoms with E-state index in [2.05, 4.69) is 89.0 Å². The number of H-pyrrole nitrogens is 2. The molecule has 4 amide bonds. The van der Waals surface area contributed by atoms with Crippen LogP contribution in [0.5, 0.6) is 0 Å². The number of likely N-dealkylation sites (tertiary alicyclic amines) is 2.